The van der Waals surface area contributed by atoms with Gasteiger partial charge in [-0.3, -0.25) is 14.5 Å². The van der Waals surface area contributed by atoms with Gasteiger partial charge in [-0.05, 0) is 66.6 Å². The second-order valence-corrected chi connectivity index (χ2v) is 7.21. The summed E-state index contributed by atoms with van der Waals surface area (Å²) < 4.78 is 5.21. The average Bonchev–Trinajstić information content (AvgIpc) is 2.90. The number of rotatable bonds is 5. The number of carbonyl (C=O) groups is 2. The molecule has 7 heteroatoms. The quantitative estimate of drug-likeness (QED) is 0.686. The van der Waals surface area contributed by atoms with Gasteiger partial charge < -0.3 is 10.1 Å². The Bertz CT molecular complexity index is 1160. The Hall–Kier alpha value is -4.00. The number of methoxy groups -OCH3 is 1. The Labute approximate surface area is 180 Å². The number of amides is 2. The second kappa shape index (κ2) is 8.79. The zero-order valence-corrected chi connectivity index (χ0v) is 17.3. The molecule has 0 atom stereocenters. The van der Waals surface area contributed by atoms with E-state index in [1.165, 1.54) is 4.90 Å². The summed E-state index contributed by atoms with van der Waals surface area (Å²) >= 11 is 0. The molecule has 2 heterocycles. The second-order valence-electron chi connectivity index (χ2n) is 7.21. The van der Waals surface area contributed by atoms with E-state index < -0.39 is 0 Å². The van der Waals surface area contributed by atoms with Crippen molar-refractivity contribution in [3.63, 3.8) is 0 Å². The third-order valence-electron chi connectivity index (χ3n) is 4.92. The van der Waals surface area contributed by atoms with E-state index in [4.69, 9.17) is 4.74 Å². The van der Waals surface area contributed by atoms with Gasteiger partial charge in [0.05, 0.1) is 19.2 Å². The van der Waals surface area contributed by atoms with Gasteiger partial charge in [-0.1, -0.05) is 12.1 Å². The summed E-state index contributed by atoms with van der Waals surface area (Å²) in [5.41, 5.74) is 3.69. The van der Waals surface area contributed by atoms with Crippen molar-refractivity contribution in [1.82, 2.24) is 4.98 Å². The van der Waals surface area contributed by atoms with Gasteiger partial charge in [-0.25, -0.2) is 9.98 Å². The molecule has 4 rings (SSSR count). The fraction of sp³-hybridized carbons (Fsp3) is 0.167. The number of benzene rings is 2. The lowest BCUT2D eigenvalue weighted by molar-refractivity contribution is -0.120. The van der Waals surface area contributed by atoms with E-state index >= 15 is 0 Å². The number of pyridine rings is 1. The third kappa shape index (κ3) is 4.61. The highest BCUT2D eigenvalue weighted by Crippen LogP contribution is 2.31. The van der Waals surface area contributed by atoms with Gasteiger partial charge in [0.25, 0.3) is 0 Å². The molecule has 1 aromatic heterocycles. The maximum atomic E-state index is 13.1. The molecule has 0 saturated carbocycles. The van der Waals surface area contributed by atoms with Gasteiger partial charge in [-0.2, -0.15) is 0 Å². The predicted octanol–water partition coefficient (Wildman–Crippen LogP) is 3.89. The minimum Gasteiger partial charge on any atom is -0.497 e. The van der Waals surface area contributed by atoms with Gasteiger partial charge in [0.2, 0.25) is 11.8 Å². The normalized spacial score (nSPS) is 13.2. The minimum absolute atomic E-state index is 0.0560. The number of hydrogen-bond donors (Lipinski definition) is 1. The van der Waals surface area contributed by atoms with Gasteiger partial charge >= 0.3 is 0 Å². The van der Waals surface area contributed by atoms with Crippen LogP contribution in [-0.2, 0) is 9.59 Å². The largest absolute Gasteiger partial charge is 0.497 e. The van der Waals surface area contributed by atoms with E-state index in [2.05, 4.69) is 15.3 Å². The zero-order chi connectivity index (χ0) is 21.8. The first-order chi connectivity index (χ1) is 15.0. The fourth-order valence-corrected chi connectivity index (χ4v) is 3.41. The first kappa shape index (κ1) is 20.3. The molecule has 1 aliphatic heterocycles. The lowest BCUT2D eigenvalue weighted by Crippen LogP contribution is -2.39. The van der Waals surface area contributed by atoms with Crippen molar-refractivity contribution in [3.05, 3.63) is 78.0 Å². The number of carbonyl (C=O) groups excluding carboxylic acids is 2. The zero-order valence-electron chi connectivity index (χ0n) is 17.3. The molecule has 0 saturated heterocycles. The topological polar surface area (TPSA) is 83.9 Å². The highest BCUT2D eigenvalue weighted by atomic mass is 16.5. The van der Waals surface area contributed by atoms with Gasteiger partial charge in [0.15, 0.2) is 5.82 Å². The maximum Gasteiger partial charge on any atom is 0.244 e. The molecule has 3 aromatic rings. The summed E-state index contributed by atoms with van der Waals surface area (Å²) in [6, 6.07) is 18.4. The fourth-order valence-electron chi connectivity index (χ4n) is 3.41. The van der Waals surface area contributed by atoms with Crippen molar-refractivity contribution in [1.29, 1.82) is 0 Å². The summed E-state index contributed by atoms with van der Waals surface area (Å²) in [5.74, 6) is 0.547. The molecular formula is C24H22N4O3. The van der Waals surface area contributed by atoms with Crippen molar-refractivity contribution in [2.45, 2.75) is 13.3 Å². The van der Waals surface area contributed by atoms with Crippen LogP contribution >= 0.6 is 0 Å². The van der Waals surface area contributed by atoms with Crippen LogP contribution in [-0.4, -0.2) is 36.2 Å². The van der Waals surface area contributed by atoms with Crippen LogP contribution in [0, 0.1) is 6.92 Å². The van der Waals surface area contributed by atoms with Gasteiger partial charge in [0.1, 0.15) is 18.0 Å². The number of aromatic nitrogens is 1. The SMILES string of the molecule is COc1ccc(C2=Nc3cccnc3N(CC(=O)Nc3cccc(C)c3)C(=O)C2)cc1. The van der Waals surface area contributed by atoms with E-state index in [9.17, 15) is 9.59 Å². The summed E-state index contributed by atoms with van der Waals surface area (Å²) in [4.78, 5) is 36.2. The van der Waals surface area contributed by atoms with Gasteiger partial charge in [0, 0.05) is 11.9 Å². The van der Waals surface area contributed by atoms with Crippen LogP contribution in [0.4, 0.5) is 17.2 Å². The summed E-state index contributed by atoms with van der Waals surface area (Å²) in [6.45, 7) is 1.80. The Balaban J connectivity index is 1.60. The van der Waals surface area contributed by atoms with Crippen molar-refractivity contribution in [2.75, 3.05) is 23.9 Å². The first-order valence-corrected chi connectivity index (χ1v) is 9.87. The molecule has 0 fully saturated rings. The first-order valence-electron chi connectivity index (χ1n) is 9.87. The molecular weight excluding hydrogens is 392 g/mol. The molecule has 2 amide bonds. The molecule has 0 unspecified atom stereocenters. The Morgan fingerprint density at radius 2 is 1.94 bits per heavy atom. The van der Waals surface area contributed by atoms with Crippen LogP contribution < -0.4 is 15.0 Å². The molecule has 156 valence electrons. The summed E-state index contributed by atoms with van der Waals surface area (Å²) in [7, 11) is 1.60. The van der Waals surface area contributed by atoms with Gasteiger partial charge in [-0.15, -0.1) is 0 Å². The van der Waals surface area contributed by atoms with E-state index in [0.29, 0.717) is 22.9 Å². The number of nitrogens with one attached hydrogen (secondary N) is 1. The van der Waals surface area contributed by atoms with Crippen LogP contribution in [0.15, 0.2) is 71.9 Å². The number of aryl methyl sites for hydroxylation is 1. The summed E-state index contributed by atoms with van der Waals surface area (Å²) in [5, 5.41) is 2.85. The molecule has 1 N–H and O–H groups in total. The van der Waals surface area contributed by atoms with Crippen LogP contribution in [0.1, 0.15) is 17.5 Å². The Kier molecular flexibility index (Phi) is 5.75. The lowest BCUT2D eigenvalue weighted by Gasteiger charge is -2.20. The molecule has 1 aliphatic rings. The molecule has 31 heavy (non-hydrogen) atoms. The number of ether oxygens (including phenoxy) is 1. The van der Waals surface area contributed by atoms with Crippen LogP contribution in [0.5, 0.6) is 5.75 Å². The molecule has 0 spiro atoms. The molecule has 2 aromatic carbocycles. The number of fused-ring (bicyclic) bond motifs is 1. The molecule has 0 bridgehead atoms. The monoisotopic (exact) mass is 414 g/mol. The van der Waals surface area contributed by atoms with E-state index in [-0.39, 0.29) is 24.8 Å². The smallest absolute Gasteiger partial charge is 0.244 e. The van der Waals surface area contributed by atoms with E-state index in [0.717, 1.165) is 16.9 Å². The number of anilines is 2. The minimum atomic E-state index is -0.302. The Morgan fingerprint density at radius 1 is 1.13 bits per heavy atom. The van der Waals surface area contributed by atoms with Crippen molar-refractivity contribution >= 4 is 34.7 Å². The number of nitrogens with zero attached hydrogens (tertiary/aromatic N) is 3. The molecule has 0 radical (unpaired) electrons. The lowest BCUT2D eigenvalue weighted by atomic mass is 10.1. The Morgan fingerprint density at radius 3 is 2.68 bits per heavy atom. The van der Waals surface area contributed by atoms with Crippen molar-refractivity contribution in [3.8, 4) is 5.75 Å². The number of hydrogen-bond acceptors (Lipinski definition) is 5. The van der Waals surface area contributed by atoms with Crippen LogP contribution in [0.2, 0.25) is 0 Å². The standard InChI is InChI=1S/C24H22N4O3/c1-16-5-3-6-18(13-16)26-22(29)15-28-23(30)14-21(17-8-10-19(31-2)11-9-17)27-20-7-4-12-25-24(20)28/h3-13H,14-15H2,1-2H3,(H,26,29). The van der Waals surface area contributed by atoms with E-state index in [1.807, 2.05) is 55.5 Å². The third-order valence-corrected chi connectivity index (χ3v) is 4.92. The highest BCUT2D eigenvalue weighted by molar-refractivity contribution is 6.18. The average molecular weight is 414 g/mol. The maximum absolute atomic E-state index is 13.1. The van der Waals surface area contributed by atoms with Crippen LogP contribution in [0.25, 0.3) is 0 Å². The molecule has 0 aliphatic carbocycles. The highest BCUT2D eigenvalue weighted by Gasteiger charge is 2.27. The summed E-state index contributed by atoms with van der Waals surface area (Å²) in [6.07, 6.45) is 1.64. The van der Waals surface area contributed by atoms with Crippen LogP contribution in [0.3, 0.4) is 0 Å². The van der Waals surface area contributed by atoms with E-state index in [1.54, 1.807) is 25.4 Å². The molecule has 7 nitrogen and oxygen atoms in total. The van der Waals surface area contributed by atoms with Crippen molar-refractivity contribution < 1.29 is 14.3 Å². The number of aliphatic imine (C=N–C) groups is 1. The predicted molar refractivity (Wildman–Crippen MR) is 120 cm³/mol. The van der Waals surface area contributed by atoms with Crippen molar-refractivity contribution in [2.24, 2.45) is 4.99 Å².